The van der Waals surface area contributed by atoms with Crippen LogP contribution in [0.2, 0.25) is 0 Å². The zero-order valence-electron chi connectivity index (χ0n) is 18.1. The largest absolute Gasteiger partial charge is 0.431 e. The zero-order chi connectivity index (χ0) is 22.2. The van der Waals surface area contributed by atoms with Gasteiger partial charge in [0.25, 0.3) is 0 Å². The molecule has 4 N–H and O–H groups in total. The maximum Gasteiger partial charge on any atom is 0.387 e. The standard InChI is InChI=1S/C23H31F2N5O2/c24-23(25)32-20-8-13(12-28-22(20)27)18(26)11-19(29-14-2-1-3-14)21-16-9-15(10-17(16)21)30-4-6-31-7-5-30/h8,11-12,14-17,21,23H,1-7,9-10,26H2,(H2,27,28)/t15?,16-,17+,21?. The minimum Gasteiger partial charge on any atom is -0.431 e. The van der Waals surface area contributed by atoms with Crippen LogP contribution in [0.3, 0.4) is 0 Å². The molecule has 0 amide bonds. The fourth-order valence-corrected chi connectivity index (χ4v) is 5.48. The first-order chi connectivity index (χ1) is 15.5. The van der Waals surface area contributed by atoms with Crippen molar-refractivity contribution < 1.29 is 18.3 Å². The summed E-state index contributed by atoms with van der Waals surface area (Å²) in [7, 11) is 0. The predicted molar refractivity (Wildman–Crippen MR) is 118 cm³/mol. The lowest BCUT2D eigenvalue weighted by Gasteiger charge is -2.33. The highest BCUT2D eigenvalue weighted by Crippen LogP contribution is 2.59. The molecule has 5 rings (SSSR count). The molecule has 1 aromatic rings. The van der Waals surface area contributed by atoms with E-state index < -0.39 is 6.61 Å². The van der Waals surface area contributed by atoms with E-state index in [2.05, 4.69) is 14.6 Å². The van der Waals surface area contributed by atoms with E-state index in [1.165, 1.54) is 31.5 Å². The van der Waals surface area contributed by atoms with Crippen molar-refractivity contribution in [3.8, 4) is 5.75 Å². The summed E-state index contributed by atoms with van der Waals surface area (Å²) >= 11 is 0. The number of allylic oxidation sites excluding steroid dienone is 1. The smallest absolute Gasteiger partial charge is 0.387 e. The number of pyridine rings is 1. The Morgan fingerprint density at radius 3 is 2.59 bits per heavy atom. The van der Waals surface area contributed by atoms with Gasteiger partial charge in [0, 0.05) is 48.2 Å². The van der Waals surface area contributed by atoms with E-state index in [1.54, 1.807) is 0 Å². The van der Waals surface area contributed by atoms with Crippen LogP contribution >= 0.6 is 0 Å². The molecular formula is C23H31F2N5O2. The lowest BCUT2D eigenvalue weighted by atomic mass is 9.93. The van der Waals surface area contributed by atoms with Gasteiger partial charge in [-0.25, -0.2) is 4.98 Å². The summed E-state index contributed by atoms with van der Waals surface area (Å²) in [4.78, 5) is 11.6. The van der Waals surface area contributed by atoms with Gasteiger partial charge in [-0.05, 0) is 56.1 Å². The van der Waals surface area contributed by atoms with Crippen molar-refractivity contribution in [3.05, 3.63) is 23.9 Å². The van der Waals surface area contributed by atoms with Gasteiger partial charge in [0.05, 0.1) is 19.3 Å². The van der Waals surface area contributed by atoms with Gasteiger partial charge in [0.15, 0.2) is 11.6 Å². The zero-order valence-corrected chi connectivity index (χ0v) is 18.1. The summed E-state index contributed by atoms with van der Waals surface area (Å²) in [6.45, 7) is 0.738. The number of hydrogen-bond acceptors (Lipinski definition) is 7. The summed E-state index contributed by atoms with van der Waals surface area (Å²) < 4.78 is 35.3. The summed E-state index contributed by atoms with van der Waals surface area (Å²) in [6.07, 6.45) is 9.25. The van der Waals surface area contributed by atoms with Gasteiger partial charge in [-0.3, -0.25) is 9.89 Å². The maximum absolute atomic E-state index is 12.7. The molecule has 0 spiro atoms. The van der Waals surface area contributed by atoms with Gasteiger partial charge in [-0.15, -0.1) is 0 Å². The average molecular weight is 448 g/mol. The molecule has 32 heavy (non-hydrogen) atoms. The van der Waals surface area contributed by atoms with E-state index in [0.29, 0.717) is 41.1 Å². The van der Waals surface area contributed by atoms with E-state index in [9.17, 15) is 8.78 Å². The van der Waals surface area contributed by atoms with Crippen LogP contribution in [0.15, 0.2) is 23.3 Å². The lowest BCUT2D eigenvalue weighted by Crippen LogP contribution is -2.43. The third-order valence-electron chi connectivity index (χ3n) is 7.46. The van der Waals surface area contributed by atoms with Gasteiger partial charge >= 0.3 is 6.61 Å². The highest BCUT2D eigenvalue weighted by atomic mass is 19.3. The molecule has 1 saturated heterocycles. The van der Waals surface area contributed by atoms with Gasteiger partial charge in [0.2, 0.25) is 0 Å². The van der Waals surface area contributed by atoms with Crippen LogP contribution in [0.25, 0.3) is 5.70 Å². The average Bonchev–Trinajstić information content (AvgIpc) is 3.23. The van der Waals surface area contributed by atoms with E-state index in [-0.39, 0.29) is 11.6 Å². The minimum absolute atomic E-state index is 0.0870. The Kier molecular flexibility index (Phi) is 6.03. The normalized spacial score (nSPS) is 31.5. The number of aromatic nitrogens is 1. The molecule has 0 aromatic carbocycles. The number of nitrogens with zero attached hydrogens (tertiary/aromatic N) is 3. The van der Waals surface area contributed by atoms with E-state index in [1.807, 2.05) is 6.08 Å². The number of nitrogen functional groups attached to an aromatic ring is 1. The van der Waals surface area contributed by atoms with Crippen LogP contribution in [-0.2, 0) is 4.74 Å². The predicted octanol–water partition coefficient (Wildman–Crippen LogP) is 2.92. The number of nitrogens with two attached hydrogens (primary N) is 2. The summed E-state index contributed by atoms with van der Waals surface area (Å²) in [5, 5.41) is 0. The number of anilines is 1. The molecule has 4 atom stereocenters. The van der Waals surface area contributed by atoms with Gasteiger partial charge < -0.3 is 20.9 Å². The molecule has 4 aliphatic rings. The van der Waals surface area contributed by atoms with Crippen LogP contribution < -0.4 is 16.2 Å². The number of rotatable bonds is 7. The third kappa shape index (κ3) is 4.45. The molecule has 2 heterocycles. The minimum atomic E-state index is -2.97. The molecule has 0 bridgehead atoms. The number of halogens is 2. The second-order valence-corrected chi connectivity index (χ2v) is 9.35. The molecule has 2 unspecified atom stereocenters. The first-order valence-corrected chi connectivity index (χ1v) is 11.6. The van der Waals surface area contributed by atoms with Crippen LogP contribution in [0, 0.1) is 17.8 Å². The second-order valence-electron chi connectivity index (χ2n) is 9.35. The van der Waals surface area contributed by atoms with Gasteiger partial charge in [-0.1, -0.05) is 0 Å². The first-order valence-electron chi connectivity index (χ1n) is 11.6. The highest BCUT2D eigenvalue weighted by molar-refractivity contribution is 6.04. The Hall–Kier alpha value is -2.26. The van der Waals surface area contributed by atoms with Crippen molar-refractivity contribution in [2.24, 2.45) is 28.5 Å². The molecule has 4 fully saturated rings. The van der Waals surface area contributed by atoms with Crippen LogP contribution in [0.5, 0.6) is 5.75 Å². The Morgan fingerprint density at radius 1 is 1.25 bits per heavy atom. The molecule has 174 valence electrons. The Labute approximate surface area is 186 Å². The SMILES string of the molecule is NC(=CC(=NC1CCC1)C1[C@H]2CC(N3CCOCC3)C[C@@H]12)c1cnc(N)c(OC(F)F)c1. The number of fused-ring (bicyclic) bond motifs is 1. The summed E-state index contributed by atoms with van der Waals surface area (Å²) in [5.74, 6) is 1.48. The number of ether oxygens (including phenoxy) is 2. The fraction of sp³-hybridized carbons (Fsp3) is 0.652. The van der Waals surface area contributed by atoms with Crippen molar-refractivity contribution in [2.45, 2.75) is 50.8 Å². The topological polar surface area (TPSA) is 99.0 Å². The monoisotopic (exact) mass is 447 g/mol. The third-order valence-corrected chi connectivity index (χ3v) is 7.46. The van der Waals surface area contributed by atoms with Crippen molar-refractivity contribution >= 4 is 17.2 Å². The first kappa shape index (κ1) is 21.6. The van der Waals surface area contributed by atoms with Crippen molar-refractivity contribution in [3.63, 3.8) is 0 Å². The van der Waals surface area contributed by atoms with E-state index >= 15 is 0 Å². The van der Waals surface area contributed by atoms with Crippen molar-refractivity contribution in [1.29, 1.82) is 0 Å². The van der Waals surface area contributed by atoms with Gasteiger partial charge in [-0.2, -0.15) is 8.78 Å². The van der Waals surface area contributed by atoms with E-state index in [0.717, 1.165) is 44.9 Å². The summed E-state index contributed by atoms with van der Waals surface area (Å²) in [5.41, 5.74) is 14.0. The number of hydrogen-bond donors (Lipinski definition) is 2. The molecule has 9 heteroatoms. The summed E-state index contributed by atoms with van der Waals surface area (Å²) in [6, 6.07) is 2.43. The molecule has 0 radical (unpaired) electrons. The number of morpholine rings is 1. The van der Waals surface area contributed by atoms with Crippen molar-refractivity contribution in [1.82, 2.24) is 9.88 Å². The fourth-order valence-electron chi connectivity index (χ4n) is 5.48. The quantitative estimate of drug-likeness (QED) is 0.624. The molecule has 7 nitrogen and oxygen atoms in total. The Balaban J connectivity index is 1.32. The van der Waals surface area contributed by atoms with Crippen molar-refractivity contribution in [2.75, 3.05) is 32.0 Å². The van der Waals surface area contributed by atoms with Crippen LogP contribution in [0.4, 0.5) is 14.6 Å². The Bertz CT molecular complexity index is 886. The van der Waals surface area contributed by atoms with Crippen LogP contribution in [0.1, 0.15) is 37.7 Å². The molecule has 3 saturated carbocycles. The van der Waals surface area contributed by atoms with E-state index in [4.69, 9.17) is 21.2 Å². The second kappa shape index (κ2) is 8.94. The molecular weight excluding hydrogens is 416 g/mol. The molecule has 3 aliphatic carbocycles. The number of alkyl halides is 2. The molecule has 1 aromatic heterocycles. The lowest BCUT2D eigenvalue weighted by molar-refractivity contribution is -0.0495. The Morgan fingerprint density at radius 2 is 1.97 bits per heavy atom. The van der Waals surface area contributed by atoms with Crippen LogP contribution in [-0.4, -0.2) is 60.6 Å². The maximum atomic E-state index is 12.7. The number of aliphatic imine (C=N–C) groups is 1. The highest BCUT2D eigenvalue weighted by Gasteiger charge is 2.58. The van der Waals surface area contributed by atoms with Gasteiger partial charge in [0.1, 0.15) is 0 Å². The molecule has 1 aliphatic heterocycles.